The van der Waals surface area contributed by atoms with Gasteiger partial charge < -0.3 is 10.1 Å². The Balaban J connectivity index is 2.39. The number of aryl methyl sites for hydroxylation is 1. The van der Waals surface area contributed by atoms with Gasteiger partial charge in [0.2, 0.25) is 5.95 Å². The highest BCUT2D eigenvalue weighted by Crippen LogP contribution is 2.05. The van der Waals surface area contributed by atoms with Crippen LogP contribution < -0.4 is 10.9 Å². The number of H-pyrrole nitrogens is 1. The lowest BCUT2D eigenvalue weighted by Gasteiger charge is -2.00. The number of fused-ring (bicyclic) bond motifs is 1. The highest BCUT2D eigenvalue weighted by Gasteiger charge is 2.10. The molecule has 0 spiro atoms. The van der Waals surface area contributed by atoms with Crippen molar-refractivity contribution in [2.45, 2.75) is 20.3 Å². The van der Waals surface area contributed by atoms with Gasteiger partial charge in [0.05, 0.1) is 12.3 Å². The van der Waals surface area contributed by atoms with Crippen molar-refractivity contribution in [3.63, 3.8) is 0 Å². The van der Waals surface area contributed by atoms with Crippen molar-refractivity contribution in [3.05, 3.63) is 21.6 Å². The standard InChI is InChI=1S/C11H17N5O2/c1-4-8-7(2)9(17)16-11(13-8)14-10(15-16)12-5-6-18-3/h4-6H2,1-3H3,(H2,12,13,14,15). The monoisotopic (exact) mass is 251 g/mol. The van der Waals surface area contributed by atoms with E-state index in [1.54, 1.807) is 14.0 Å². The lowest BCUT2D eigenvalue weighted by molar-refractivity contribution is 0.210. The van der Waals surface area contributed by atoms with E-state index in [1.165, 1.54) is 4.52 Å². The number of nitrogens with one attached hydrogen (secondary N) is 2. The van der Waals surface area contributed by atoms with Gasteiger partial charge in [0.25, 0.3) is 11.3 Å². The van der Waals surface area contributed by atoms with E-state index in [9.17, 15) is 4.79 Å². The van der Waals surface area contributed by atoms with Crippen molar-refractivity contribution in [2.24, 2.45) is 0 Å². The van der Waals surface area contributed by atoms with Crippen LogP contribution in [0.3, 0.4) is 0 Å². The average Bonchev–Trinajstić information content (AvgIpc) is 2.77. The average molecular weight is 251 g/mol. The van der Waals surface area contributed by atoms with E-state index in [0.29, 0.717) is 30.4 Å². The number of ether oxygens (including phenoxy) is 1. The summed E-state index contributed by atoms with van der Waals surface area (Å²) in [5.74, 6) is 0.909. The molecule has 0 amide bonds. The van der Waals surface area contributed by atoms with Gasteiger partial charge in [-0.25, -0.2) is 4.98 Å². The van der Waals surface area contributed by atoms with Crippen LogP contribution in [0.5, 0.6) is 0 Å². The Labute approximate surface area is 104 Å². The van der Waals surface area contributed by atoms with Crippen LogP contribution >= 0.6 is 0 Å². The van der Waals surface area contributed by atoms with Crippen LogP contribution in [0.2, 0.25) is 0 Å². The summed E-state index contributed by atoms with van der Waals surface area (Å²) in [6.07, 6.45) is 0.719. The summed E-state index contributed by atoms with van der Waals surface area (Å²) >= 11 is 0. The molecule has 0 bridgehead atoms. The molecule has 0 unspecified atom stereocenters. The Morgan fingerprint density at radius 2 is 2.22 bits per heavy atom. The van der Waals surface area contributed by atoms with E-state index < -0.39 is 0 Å². The number of aromatic nitrogens is 4. The Hall–Kier alpha value is -1.89. The molecule has 2 aromatic heterocycles. The summed E-state index contributed by atoms with van der Waals surface area (Å²) in [5, 5.41) is 5.91. The van der Waals surface area contributed by atoms with Crippen LogP contribution in [0.15, 0.2) is 4.79 Å². The van der Waals surface area contributed by atoms with Gasteiger partial charge in [-0.15, -0.1) is 0 Å². The van der Waals surface area contributed by atoms with E-state index >= 15 is 0 Å². The molecule has 0 aliphatic rings. The van der Waals surface area contributed by atoms with Crippen molar-refractivity contribution in [3.8, 4) is 0 Å². The summed E-state index contributed by atoms with van der Waals surface area (Å²) in [4.78, 5) is 20.6. The predicted octanol–water partition coefficient (Wildman–Crippen LogP) is 0.347. The summed E-state index contributed by atoms with van der Waals surface area (Å²) in [7, 11) is 1.63. The highest BCUT2D eigenvalue weighted by molar-refractivity contribution is 5.38. The molecule has 0 saturated heterocycles. The van der Waals surface area contributed by atoms with Crippen molar-refractivity contribution in [1.82, 2.24) is 19.6 Å². The molecule has 0 aromatic carbocycles. The molecule has 2 heterocycles. The second-order valence-electron chi connectivity index (χ2n) is 3.97. The minimum Gasteiger partial charge on any atom is -0.383 e. The molecule has 0 radical (unpaired) electrons. The van der Waals surface area contributed by atoms with Gasteiger partial charge in [-0.1, -0.05) is 6.92 Å². The molecule has 2 rings (SSSR count). The molecule has 0 saturated carbocycles. The molecular formula is C11H17N5O2. The molecule has 0 aliphatic carbocycles. The molecule has 2 aromatic rings. The first-order chi connectivity index (χ1) is 8.67. The molecule has 0 atom stereocenters. The lowest BCUT2D eigenvalue weighted by Crippen LogP contribution is -2.20. The fourth-order valence-electron chi connectivity index (χ4n) is 1.74. The summed E-state index contributed by atoms with van der Waals surface area (Å²) < 4.78 is 6.28. The smallest absolute Gasteiger partial charge is 0.277 e. The molecule has 98 valence electrons. The normalized spacial score (nSPS) is 11.1. The quantitative estimate of drug-likeness (QED) is 0.749. The first-order valence-electron chi connectivity index (χ1n) is 5.88. The van der Waals surface area contributed by atoms with Gasteiger partial charge >= 0.3 is 0 Å². The van der Waals surface area contributed by atoms with Crippen molar-refractivity contribution in [2.75, 3.05) is 25.6 Å². The largest absolute Gasteiger partial charge is 0.383 e. The first kappa shape index (κ1) is 12.6. The second kappa shape index (κ2) is 5.18. The van der Waals surface area contributed by atoms with Crippen LogP contribution in [0.1, 0.15) is 18.2 Å². The maximum atomic E-state index is 12.1. The third-order valence-electron chi connectivity index (χ3n) is 2.75. The van der Waals surface area contributed by atoms with Crippen molar-refractivity contribution in [1.29, 1.82) is 0 Å². The molecule has 7 nitrogen and oxygen atoms in total. The number of aromatic amines is 1. The number of anilines is 1. The van der Waals surface area contributed by atoms with Gasteiger partial charge in [0.15, 0.2) is 0 Å². The molecule has 0 fully saturated rings. The molecule has 7 heteroatoms. The van der Waals surface area contributed by atoms with Crippen LogP contribution in [0.25, 0.3) is 5.78 Å². The van der Waals surface area contributed by atoms with Gasteiger partial charge in [0, 0.05) is 19.2 Å². The predicted molar refractivity (Wildman–Crippen MR) is 68.1 cm³/mol. The topological polar surface area (TPSA) is 84.3 Å². The maximum Gasteiger partial charge on any atom is 0.277 e. The van der Waals surface area contributed by atoms with Gasteiger partial charge in [0.1, 0.15) is 0 Å². The fraction of sp³-hybridized carbons (Fsp3) is 0.545. The zero-order chi connectivity index (χ0) is 13.1. The maximum absolute atomic E-state index is 12.1. The molecule has 18 heavy (non-hydrogen) atoms. The minimum atomic E-state index is -0.107. The van der Waals surface area contributed by atoms with Gasteiger partial charge in [-0.05, 0) is 13.3 Å². The van der Waals surface area contributed by atoms with Gasteiger partial charge in [-0.2, -0.15) is 9.50 Å². The number of hydrogen-bond donors (Lipinski definition) is 2. The lowest BCUT2D eigenvalue weighted by atomic mass is 10.2. The summed E-state index contributed by atoms with van der Waals surface area (Å²) in [5.41, 5.74) is 1.33. The third-order valence-corrected chi connectivity index (χ3v) is 2.75. The Morgan fingerprint density at radius 3 is 2.89 bits per heavy atom. The number of methoxy groups -OCH3 is 1. The van der Waals surface area contributed by atoms with Crippen LogP contribution in [-0.4, -0.2) is 39.8 Å². The van der Waals surface area contributed by atoms with E-state index in [0.717, 1.165) is 12.1 Å². The van der Waals surface area contributed by atoms with Crippen LogP contribution in [0.4, 0.5) is 5.95 Å². The SMILES string of the molecule is CCc1nc2nc(NCCOC)[nH]n2c(=O)c1C. The van der Waals surface area contributed by atoms with E-state index in [-0.39, 0.29) is 5.56 Å². The molecular weight excluding hydrogens is 234 g/mol. The number of rotatable bonds is 5. The van der Waals surface area contributed by atoms with Crippen molar-refractivity contribution >= 4 is 11.7 Å². The van der Waals surface area contributed by atoms with E-state index in [1.807, 2.05) is 6.92 Å². The van der Waals surface area contributed by atoms with Gasteiger partial charge in [-0.3, -0.25) is 9.89 Å². The summed E-state index contributed by atoms with van der Waals surface area (Å²) in [6.45, 7) is 4.93. The van der Waals surface area contributed by atoms with Crippen molar-refractivity contribution < 1.29 is 4.74 Å². The second-order valence-corrected chi connectivity index (χ2v) is 3.97. The van der Waals surface area contributed by atoms with E-state index in [2.05, 4.69) is 20.4 Å². The zero-order valence-corrected chi connectivity index (χ0v) is 10.8. The zero-order valence-electron chi connectivity index (χ0n) is 10.8. The highest BCUT2D eigenvalue weighted by atomic mass is 16.5. The Bertz CT molecular complexity index is 601. The third kappa shape index (κ3) is 2.21. The van der Waals surface area contributed by atoms with Crippen LogP contribution in [-0.2, 0) is 11.2 Å². The van der Waals surface area contributed by atoms with Crippen LogP contribution in [0, 0.1) is 6.92 Å². The Kier molecular flexibility index (Phi) is 3.61. The number of nitrogens with zero attached hydrogens (tertiary/aromatic N) is 3. The minimum absolute atomic E-state index is 0.107. The summed E-state index contributed by atoms with van der Waals surface area (Å²) in [6, 6.07) is 0. The van der Waals surface area contributed by atoms with E-state index in [4.69, 9.17) is 4.74 Å². The first-order valence-corrected chi connectivity index (χ1v) is 5.88. The molecule has 0 aliphatic heterocycles. The Morgan fingerprint density at radius 1 is 1.44 bits per heavy atom. The fourth-order valence-corrected chi connectivity index (χ4v) is 1.74. The number of hydrogen-bond acceptors (Lipinski definition) is 5. The molecule has 2 N–H and O–H groups in total.